The molecule has 0 heterocycles. The molecule has 0 saturated heterocycles. The van der Waals surface area contributed by atoms with Gasteiger partial charge in [-0.15, -0.1) is 0 Å². The van der Waals surface area contributed by atoms with Crippen molar-refractivity contribution in [3.63, 3.8) is 0 Å². The molecule has 0 fully saturated rings. The third kappa shape index (κ3) is 2.72. The van der Waals surface area contributed by atoms with Crippen molar-refractivity contribution in [1.29, 1.82) is 0 Å². The Kier molecular flexibility index (Phi) is 3.09. The zero-order valence-electron chi connectivity index (χ0n) is 8.94. The normalized spacial score (nSPS) is 12.9. The zero-order chi connectivity index (χ0) is 11.7. The smallest absolute Gasteiger partial charge is 0.311 e. The molecule has 0 aliphatic rings. The molecule has 0 saturated carbocycles. The fourth-order valence-electron chi connectivity index (χ4n) is 1.22. The van der Waals surface area contributed by atoms with Crippen molar-refractivity contribution in [2.75, 3.05) is 7.05 Å². The fourth-order valence-corrected chi connectivity index (χ4v) is 1.22. The van der Waals surface area contributed by atoms with Crippen LogP contribution in [0, 0.1) is 0 Å². The number of benzene rings is 1. The molecule has 84 valence electrons. The minimum atomic E-state index is -4.26. The summed E-state index contributed by atoms with van der Waals surface area (Å²) in [5.41, 5.74) is -0.0967. The summed E-state index contributed by atoms with van der Waals surface area (Å²) in [7, 11) is 1.78. The number of rotatable bonds is 2. The van der Waals surface area contributed by atoms with Crippen LogP contribution in [0.4, 0.5) is 13.2 Å². The molecule has 1 rings (SSSR count). The van der Waals surface area contributed by atoms with Crippen molar-refractivity contribution in [2.24, 2.45) is 0 Å². The van der Waals surface area contributed by atoms with Crippen molar-refractivity contribution in [3.05, 3.63) is 35.4 Å². The van der Waals surface area contributed by atoms with Gasteiger partial charge in [-0.1, -0.05) is 12.1 Å². The summed E-state index contributed by atoms with van der Waals surface area (Å²) in [6, 6.07) is 5.21. The third-order valence-electron chi connectivity index (χ3n) is 2.56. The van der Waals surface area contributed by atoms with Crippen LogP contribution in [0.3, 0.4) is 0 Å². The lowest BCUT2D eigenvalue weighted by molar-refractivity contribution is -0.137. The average Bonchev–Trinajstić information content (AvgIpc) is 2.17. The highest BCUT2D eigenvalue weighted by Gasteiger charge is 2.30. The Morgan fingerprint density at radius 3 is 1.67 bits per heavy atom. The predicted octanol–water partition coefficient (Wildman–Crippen LogP) is 3.16. The maximum Gasteiger partial charge on any atom is 0.416 e. The lowest BCUT2D eigenvalue weighted by atomic mass is 9.94. The van der Waals surface area contributed by atoms with Gasteiger partial charge in [-0.05, 0) is 38.6 Å². The van der Waals surface area contributed by atoms with E-state index in [1.54, 1.807) is 7.05 Å². The zero-order valence-corrected chi connectivity index (χ0v) is 8.94. The van der Waals surface area contributed by atoms with E-state index in [-0.39, 0.29) is 5.54 Å². The number of nitrogens with one attached hydrogen (secondary N) is 1. The Bertz CT molecular complexity index is 325. The van der Waals surface area contributed by atoms with E-state index < -0.39 is 11.7 Å². The first-order valence-electron chi connectivity index (χ1n) is 4.64. The largest absolute Gasteiger partial charge is 0.416 e. The van der Waals surface area contributed by atoms with E-state index in [2.05, 4.69) is 5.32 Å². The van der Waals surface area contributed by atoms with Crippen LogP contribution in [0.15, 0.2) is 24.3 Å². The van der Waals surface area contributed by atoms with E-state index in [9.17, 15) is 13.2 Å². The molecular formula is C11H14F3N. The lowest BCUT2D eigenvalue weighted by Gasteiger charge is -2.24. The molecule has 0 unspecified atom stereocenters. The van der Waals surface area contributed by atoms with Crippen LogP contribution >= 0.6 is 0 Å². The van der Waals surface area contributed by atoms with Gasteiger partial charge in [-0.25, -0.2) is 0 Å². The van der Waals surface area contributed by atoms with E-state index in [1.165, 1.54) is 12.1 Å². The van der Waals surface area contributed by atoms with Gasteiger partial charge in [0.15, 0.2) is 0 Å². The van der Waals surface area contributed by atoms with E-state index in [0.717, 1.165) is 17.7 Å². The van der Waals surface area contributed by atoms with E-state index >= 15 is 0 Å². The molecule has 0 atom stereocenters. The van der Waals surface area contributed by atoms with Crippen LogP contribution in [0.25, 0.3) is 0 Å². The maximum absolute atomic E-state index is 12.3. The van der Waals surface area contributed by atoms with Crippen molar-refractivity contribution >= 4 is 0 Å². The second-order valence-corrected chi connectivity index (χ2v) is 3.95. The van der Waals surface area contributed by atoms with Gasteiger partial charge in [0.25, 0.3) is 0 Å². The summed E-state index contributed by atoms with van der Waals surface area (Å²) >= 11 is 0. The van der Waals surface area contributed by atoms with Gasteiger partial charge in [0, 0.05) is 5.54 Å². The molecule has 1 aromatic carbocycles. The summed E-state index contributed by atoms with van der Waals surface area (Å²) in [5.74, 6) is 0. The van der Waals surface area contributed by atoms with Crippen LogP contribution in [0.5, 0.6) is 0 Å². The minimum absolute atomic E-state index is 0.315. The fraction of sp³-hybridized carbons (Fsp3) is 0.455. The molecule has 0 radical (unpaired) electrons. The highest BCUT2D eigenvalue weighted by molar-refractivity contribution is 5.28. The second-order valence-electron chi connectivity index (χ2n) is 3.95. The second kappa shape index (κ2) is 3.85. The summed E-state index contributed by atoms with van der Waals surface area (Å²) in [6.07, 6.45) is -4.26. The molecule has 0 aliphatic heterocycles. The monoisotopic (exact) mass is 217 g/mol. The van der Waals surface area contributed by atoms with Gasteiger partial charge in [0.05, 0.1) is 5.56 Å². The molecule has 0 bridgehead atoms. The van der Waals surface area contributed by atoms with E-state index in [0.29, 0.717) is 0 Å². The SMILES string of the molecule is CNC(C)(C)c1ccc(C(F)(F)F)cc1. The summed E-state index contributed by atoms with van der Waals surface area (Å²) in [6.45, 7) is 3.82. The highest BCUT2D eigenvalue weighted by Crippen LogP contribution is 2.30. The van der Waals surface area contributed by atoms with Crippen LogP contribution in [0.2, 0.25) is 0 Å². The van der Waals surface area contributed by atoms with Crippen LogP contribution in [-0.4, -0.2) is 7.05 Å². The van der Waals surface area contributed by atoms with Gasteiger partial charge in [-0.2, -0.15) is 13.2 Å². The van der Waals surface area contributed by atoms with Crippen LogP contribution in [0.1, 0.15) is 25.0 Å². The molecule has 0 spiro atoms. The number of alkyl halides is 3. The minimum Gasteiger partial charge on any atom is -0.311 e. The van der Waals surface area contributed by atoms with E-state index in [4.69, 9.17) is 0 Å². The molecule has 1 N–H and O–H groups in total. The number of hydrogen-bond donors (Lipinski definition) is 1. The predicted molar refractivity (Wildman–Crippen MR) is 53.5 cm³/mol. The summed E-state index contributed by atoms with van der Waals surface area (Å²) in [5, 5.41) is 3.03. The van der Waals surface area contributed by atoms with Crippen LogP contribution in [-0.2, 0) is 11.7 Å². The Balaban J connectivity index is 3.01. The Hall–Kier alpha value is -1.03. The van der Waals surface area contributed by atoms with Gasteiger partial charge in [-0.3, -0.25) is 0 Å². The topological polar surface area (TPSA) is 12.0 Å². The first kappa shape index (κ1) is 12.0. The molecule has 1 aromatic rings. The molecule has 15 heavy (non-hydrogen) atoms. The average molecular weight is 217 g/mol. The number of hydrogen-bond acceptors (Lipinski definition) is 1. The molecule has 1 nitrogen and oxygen atoms in total. The van der Waals surface area contributed by atoms with E-state index in [1.807, 2.05) is 13.8 Å². The van der Waals surface area contributed by atoms with Crippen LogP contribution < -0.4 is 5.32 Å². The van der Waals surface area contributed by atoms with Gasteiger partial charge >= 0.3 is 6.18 Å². The molecule has 0 aliphatic carbocycles. The number of halogens is 3. The van der Waals surface area contributed by atoms with Crippen molar-refractivity contribution in [2.45, 2.75) is 25.6 Å². The highest BCUT2D eigenvalue weighted by atomic mass is 19.4. The molecule has 0 amide bonds. The lowest BCUT2D eigenvalue weighted by Crippen LogP contribution is -2.33. The van der Waals surface area contributed by atoms with Gasteiger partial charge in [0.2, 0.25) is 0 Å². The summed E-state index contributed by atoms with van der Waals surface area (Å²) in [4.78, 5) is 0. The Morgan fingerprint density at radius 2 is 1.33 bits per heavy atom. The van der Waals surface area contributed by atoms with Crippen molar-refractivity contribution in [3.8, 4) is 0 Å². The Labute approximate surface area is 87.3 Å². The first-order chi connectivity index (χ1) is 6.77. The quantitative estimate of drug-likeness (QED) is 0.802. The van der Waals surface area contributed by atoms with Crippen molar-refractivity contribution in [1.82, 2.24) is 5.32 Å². The van der Waals surface area contributed by atoms with Gasteiger partial charge < -0.3 is 5.32 Å². The maximum atomic E-state index is 12.3. The van der Waals surface area contributed by atoms with Crippen molar-refractivity contribution < 1.29 is 13.2 Å². The molecule has 4 heteroatoms. The molecular weight excluding hydrogens is 203 g/mol. The standard InChI is InChI=1S/C11H14F3N/c1-10(2,15-3)8-4-6-9(7-5-8)11(12,13)14/h4-7,15H,1-3H3. The van der Waals surface area contributed by atoms with Gasteiger partial charge in [0.1, 0.15) is 0 Å². The molecule has 0 aromatic heterocycles. The summed E-state index contributed by atoms with van der Waals surface area (Å²) < 4.78 is 36.8. The first-order valence-corrected chi connectivity index (χ1v) is 4.64. The third-order valence-corrected chi connectivity index (χ3v) is 2.56. The Morgan fingerprint density at radius 1 is 0.933 bits per heavy atom.